The number of non-ortho nitro benzene ring substituents is 1. The normalized spacial score (nSPS) is 10.8. The topological polar surface area (TPSA) is 75.8 Å². The number of benzene rings is 3. The minimum absolute atomic E-state index is 0.0738. The highest BCUT2D eigenvalue weighted by molar-refractivity contribution is 9.10. The van der Waals surface area contributed by atoms with Crippen molar-refractivity contribution in [3.8, 4) is 0 Å². The number of carbonyl (C=O) groups excluding carboxylic acids is 1. The second-order valence-corrected chi connectivity index (χ2v) is 7.51. The summed E-state index contributed by atoms with van der Waals surface area (Å²) in [5.41, 5.74) is 1.54. The van der Waals surface area contributed by atoms with Gasteiger partial charge in [0.05, 0.1) is 16.3 Å². The van der Waals surface area contributed by atoms with E-state index in [1.165, 1.54) is 35.5 Å². The summed E-state index contributed by atoms with van der Waals surface area (Å²) >= 11 is 6.75. The van der Waals surface area contributed by atoms with Crippen LogP contribution in [0.2, 0.25) is 0 Å². The molecule has 0 N–H and O–H groups in total. The van der Waals surface area contributed by atoms with Gasteiger partial charge in [-0.05, 0) is 60.7 Å². The van der Waals surface area contributed by atoms with Gasteiger partial charge in [-0.3, -0.25) is 19.8 Å². The number of amides is 1. The molecular weight excluding hydrogens is 490 g/mol. The van der Waals surface area contributed by atoms with E-state index < -0.39 is 4.92 Å². The predicted octanol–water partition coefficient (Wildman–Crippen LogP) is 6.13. The number of hydrogen-bond acceptors (Lipinski definition) is 4. The Morgan fingerprint density at radius 2 is 1.43 bits per heavy atom. The lowest BCUT2D eigenvalue weighted by Gasteiger charge is -2.18. The zero-order chi connectivity index (χ0) is 20.1. The van der Waals surface area contributed by atoms with E-state index >= 15 is 0 Å². The molecule has 0 aliphatic heterocycles. The average molecular weight is 503 g/mol. The van der Waals surface area contributed by atoms with Crippen molar-refractivity contribution in [3.63, 3.8) is 0 Å². The SMILES string of the molecule is O=C(c1ccc([N+](=O)[O-])cc1)N(C=Nc1ccc(Br)cc1)c1ccc(Br)cc1. The Balaban J connectivity index is 1.95. The van der Waals surface area contributed by atoms with Crippen LogP contribution in [0.5, 0.6) is 0 Å². The van der Waals surface area contributed by atoms with Crippen molar-refractivity contribution in [2.75, 3.05) is 4.90 Å². The Hall–Kier alpha value is -2.84. The van der Waals surface area contributed by atoms with Gasteiger partial charge in [0.25, 0.3) is 11.6 Å². The molecular formula is C20H13Br2N3O3. The molecule has 3 rings (SSSR count). The zero-order valence-corrected chi connectivity index (χ0v) is 17.5. The van der Waals surface area contributed by atoms with Crippen LogP contribution in [0.25, 0.3) is 0 Å². The monoisotopic (exact) mass is 501 g/mol. The van der Waals surface area contributed by atoms with Crippen LogP contribution >= 0.6 is 31.9 Å². The number of anilines is 1. The Bertz CT molecular complexity index is 1020. The molecule has 3 aromatic rings. The van der Waals surface area contributed by atoms with Crippen molar-refractivity contribution in [1.82, 2.24) is 0 Å². The number of nitro groups is 1. The summed E-state index contributed by atoms with van der Waals surface area (Å²) in [5, 5.41) is 10.8. The summed E-state index contributed by atoms with van der Waals surface area (Å²) in [7, 11) is 0. The van der Waals surface area contributed by atoms with Gasteiger partial charge >= 0.3 is 0 Å². The van der Waals surface area contributed by atoms with E-state index in [0.717, 1.165) is 8.95 Å². The lowest BCUT2D eigenvalue weighted by Crippen LogP contribution is -2.29. The van der Waals surface area contributed by atoms with Crippen molar-refractivity contribution in [2.24, 2.45) is 4.99 Å². The smallest absolute Gasteiger partial charge is 0.268 e. The molecule has 0 fully saturated rings. The molecule has 0 unspecified atom stereocenters. The van der Waals surface area contributed by atoms with Crippen LogP contribution in [0.15, 0.2) is 86.7 Å². The molecule has 0 saturated heterocycles. The minimum atomic E-state index is -0.504. The second-order valence-electron chi connectivity index (χ2n) is 5.68. The van der Waals surface area contributed by atoms with E-state index in [9.17, 15) is 14.9 Å². The summed E-state index contributed by atoms with van der Waals surface area (Å²) in [6.45, 7) is 0. The van der Waals surface area contributed by atoms with Crippen LogP contribution < -0.4 is 4.90 Å². The second kappa shape index (κ2) is 8.90. The molecule has 0 aromatic heterocycles. The number of rotatable bonds is 5. The molecule has 140 valence electrons. The van der Waals surface area contributed by atoms with Crippen molar-refractivity contribution in [1.29, 1.82) is 0 Å². The summed E-state index contributed by atoms with van der Waals surface area (Å²) in [6, 6.07) is 20.0. The van der Waals surface area contributed by atoms with Gasteiger partial charge in [-0.15, -0.1) is 0 Å². The minimum Gasteiger partial charge on any atom is -0.268 e. The molecule has 0 saturated carbocycles. The highest BCUT2D eigenvalue weighted by Gasteiger charge is 2.17. The van der Waals surface area contributed by atoms with E-state index in [1.807, 2.05) is 36.4 Å². The first-order valence-corrected chi connectivity index (χ1v) is 9.66. The first-order chi connectivity index (χ1) is 13.4. The maximum atomic E-state index is 13.0. The number of nitrogens with zero attached hydrogens (tertiary/aromatic N) is 3. The third-order valence-corrected chi connectivity index (χ3v) is 4.85. The van der Waals surface area contributed by atoms with Crippen LogP contribution in [0, 0.1) is 10.1 Å². The van der Waals surface area contributed by atoms with Gasteiger partial charge in [0.1, 0.15) is 6.34 Å². The van der Waals surface area contributed by atoms with Crippen LogP contribution in [0.3, 0.4) is 0 Å². The van der Waals surface area contributed by atoms with Crippen molar-refractivity contribution in [2.45, 2.75) is 0 Å². The predicted molar refractivity (Wildman–Crippen MR) is 116 cm³/mol. The summed E-state index contributed by atoms with van der Waals surface area (Å²) < 4.78 is 1.81. The first-order valence-electron chi connectivity index (χ1n) is 8.07. The maximum Gasteiger partial charge on any atom is 0.269 e. The highest BCUT2D eigenvalue weighted by Crippen LogP contribution is 2.22. The summed E-state index contributed by atoms with van der Waals surface area (Å²) in [5.74, 6) is -0.349. The first kappa shape index (κ1) is 19.9. The van der Waals surface area contributed by atoms with Gasteiger partial charge in [0.2, 0.25) is 0 Å². The van der Waals surface area contributed by atoms with E-state index in [1.54, 1.807) is 12.1 Å². The van der Waals surface area contributed by atoms with Crippen molar-refractivity contribution >= 4 is 61.2 Å². The summed E-state index contributed by atoms with van der Waals surface area (Å²) in [4.78, 5) is 29.1. The maximum absolute atomic E-state index is 13.0. The fourth-order valence-electron chi connectivity index (χ4n) is 2.35. The molecule has 0 spiro atoms. The van der Waals surface area contributed by atoms with E-state index in [0.29, 0.717) is 16.9 Å². The largest absolute Gasteiger partial charge is 0.269 e. The van der Waals surface area contributed by atoms with Crippen molar-refractivity contribution in [3.05, 3.63) is 97.4 Å². The van der Waals surface area contributed by atoms with E-state index in [-0.39, 0.29) is 11.6 Å². The lowest BCUT2D eigenvalue weighted by molar-refractivity contribution is -0.384. The van der Waals surface area contributed by atoms with E-state index in [4.69, 9.17) is 0 Å². The standard InChI is InChI=1S/C20H13Br2N3O3/c21-15-3-7-17(8-4-15)23-13-24(18-11-5-16(22)6-12-18)20(26)14-1-9-19(10-2-14)25(27)28/h1-13H. The van der Waals surface area contributed by atoms with Gasteiger partial charge in [-0.25, -0.2) is 4.99 Å². The Labute approximate surface area is 177 Å². The van der Waals surface area contributed by atoms with Crippen molar-refractivity contribution < 1.29 is 9.72 Å². The molecule has 0 atom stereocenters. The fraction of sp³-hybridized carbons (Fsp3) is 0. The summed E-state index contributed by atoms with van der Waals surface area (Å²) in [6.07, 6.45) is 1.44. The fourth-order valence-corrected chi connectivity index (χ4v) is 2.88. The molecule has 0 radical (unpaired) electrons. The molecule has 0 bridgehead atoms. The average Bonchev–Trinajstić information content (AvgIpc) is 2.70. The van der Waals surface area contributed by atoms with Crippen LogP contribution in [-0.2, 0) is 0 Å². The number of halogens is 2. The molecule has 0 aliphatic rings. The molecule has 6 nitrogen and oxygen atoms in total. The number of hydrogen-bond donors (Lipinski definition) is 0. The molecule has 28 heavy (non-hydrogen) atoms. The van der Waals surface area contributed by atoms with Gasteiger partial charge in [0, 0.05) is 26.6 Å². The van der Waals surface area contributed by atoms with Crippen LogP contribution in [0.4, 0.5) is 17.1 Å². The van der Waals surface area contributed by atoms with E-state index in [2.05, 4.69) is 36.9 Å². The highest BCUT2D eigenvalue weighted by atomic mass is 79.9. The number of aliphatic imine (C=N–C) groups is 1. The van der Waals surface area contributed by atoms with Gasteiger partial charge in [-0.1, -0.05) is 31.9 Å². The zero-order valence-electron chi connectivity index (χ0n) is 14.3. The van der Waals surface area contributed by atoms with Crippen LogP contribution in [0.1, 0.15) is 10.4 Å². The van der Waals surface area contributed by atoms with Gasteiger partial charge in [-0.2, -0.15) is 0 Å². The molecule has 0 heterocycles. The number of nitro benzene ring substituents is 1. The number of carbonyl (C=O) groups is 1. The molecule has 0 aliphatic carbocycles. The molecule has 8 heteroatoms. The Kier molecular flexibility index (Phi) is 6.33. The third kappa shape index (κ3) is 4.90. The van der Waals surface area contributed by atoms with Gasteiger partial charge < -0.3 is 0 Å². The van der Waals surface area contributed by atoms with Gasteiger partial charge in [0.15, 0.2) is 0 Å². The quantitative estimate of drug-likeness (QED) is 0.182. The molecule has 3 aromatic carbocycles. The third-order valence-electron chi connectivity index (χ3n) is 3.80. The Morgan fingerprint density at radius 3 is 1.96 bits per heavy atom. The van der Waals surface area contributed by atoms with Crippen LogP contribution in [-0.4, -0.2) is 17.2 Å². The Morgan fingerprint density at radius 1 is 0.893 bits per heavy atom. The molecule has 1 amide bonds. The lowest BCUT2D eigenvalue weighted by atomic mass is 10.1.